The molecule has 1 saturated carbocycles. The Morgan fingerprint density at radius 2 is 2.22 bits per heavy atom. The van der Waals surface area contributed by atoms with Crippen LogP contribution in [0.5, 0.6) is 0 Å². The molecular weight excluding hydrogens is 216 g/mol. The number of aryl methyl sites for hydroxylation is 2. The van der Waals surface area contributed by atoms with Crippen molar-refractivity contribution < 1.29 is 0 Å². The van der Waals surface area contributed by atoms with Gasteiger partial charge in [0.1, 0.15) is 0 Å². The van der Waals surface area contributed by atoms with Crippen molar-refractivity contribution in [1.29, 1.82) is 0 Å². The molecule has 0 N–H and O–H groups in total. The molecule has 0 aromatic heterocycles. The number of benzene rings is 1. The van der Waals surface area contributed by atoms with E-state index in [9.17, 15) is 0 Å². The fraction of sp³-hybridized carbons (Fsp3) is 0.556. The lowest BCUT2D eigenvalue weighted by molar-refractivity contribution is 0.194. The van der Waals surface area contributed by atoms with Crippen LogP contribution in [0.1, 0.15) is 42.9 Å². The molecule has 1 aromatic rings. The molecule has 3 aliphatic rings. The summed E-state index contributed by atoms with van der Waals surface area (Å²) in [5.41, 5.74) is 5.61. The number of rotatable bonds is 1. The quantitative estimate of drug-likeness (QED) is 0.639. The second kappa shape index (κ2) is 3.73. The van der Waals surface area contributed by atoms with Gasteiger partial charge >= 0.3 is 0 Å². The molecule has 0 saturated heterocycles. The third-order valence-electron chi connectivity index (χ3n) is 5.80. The van der Waals surface area contributed by atoms with Crippen LogP contribution in [0.25, 0.3) is 0 Å². The van der Waals surface area contributed by atoms with Gasteiger partial charge in [0.15, 0.2) is 0 Å². The molecule has 1 spiro atoms. The average Bonchev–Trinajstić information content (AvgIpc) is 2.98. The maximum absolute atomic E-state index is 2.54. The molecule has 0 amide bonds. The first kappa shape index (κ1) is 10.8. The van der Waals surface area contributed by atoms with Crippen LogP contribution in [0.15, 0.2) is 30.4 Å². The van der Waals surface area contributed by atoms with Crippen molar-refractivity contribution in [2.45, 2.75) is 45.4 Å². The van der Waals surface area contributed by atoms with Crippen molar-refractivity contribution in [3.8, 4) is 0 Å². The summed E-state index contributed by atoms with van der Waals surface area (Å²) >= 11 is 0. The largest absolute Gasteiger partial charge is 0.0851 e. The molecule has 18 heavy (non-hydrogen) atoms. The van der Waals surface area contributed by atoms with E-state index in [0.717, 1.165) is 11.8 Å². The van der Waals surface area contributed by atoms with Crippen LogP contribution in [0.3, 0.4) is 0 Å². The van der Waals surface area contributed by atoms with Crippen LogP contribution < -0.4 is 0 Å². The number of fused-ring (bicyclic) bond motifs is 4. The van der Waals surface area contributed by atoms with E-state index in [0.29, 0.717) is 5.41 Å². The van der Waals surface area contributed by atoms with E-state index in [1.807, 2.05) is 0 Å². The SMILES string of the molecule is CCc1cccc2c1CC1(CC2)CC2C=CC1C2. The van der Waals surface area contributed by atoms with Gasteiger partial charge in [-0.1, -0.05) is 37.3 Å². The lowest BCUT2D eigenvalue weighted by Gasteiger charge is -2.41. The molecule has 3 atom stereocenters. The highest BCUT2D eigenvalue weighted by Crippen LogP contribution is 2.58. The summed E-state index contributed by atoms with van der Waals surface area (Å²) in [6, 6.07) is 6.97. The highest BCUT2D eigenvalue weighted by molar-refractivity contribution is 5.39. The molecule has 94 valence electrons. The smallest absolute Gasteiger partial charge is 0.0168 e. The Hall–Kier alpha value is -1.04. The fourth-order valence-corrected chi connectivity index (χ4v) is 4.85. The highest BCUT2D eigenvalue weighted by Gasteiger charge is 2.49. The van der Waals surface area contributed by atoms with Gasteiger partial charge in [-0.05, 0) is 72.5 Å². The molecule has 4 rings (SSSR count). The first-order valence-electron chi connectivity index (χ1n) is 7.59. The second-order valence-corrected chi connectivity index (χ2v) is 6.64. The van der Waals surface area contributed by atoms with Gasteiger partial charge in [0, 0.05) is 0 Å². The lowest BCUT2D eigenvalue weighted by atomic mass is 9.64. The zero-order valence-corrected chi connectivity index (χ0v) is 11.3. The van der Waals surface area contributed by atoms with Gasteiger partial charge in [0.05, 0.1) is 0 Å². The van der Waals surface area contributed by atoms with Crippen molar-refractivity contribution >= 4 is 0 Å². The predicted molar refractivity (Wildman–Crippen MR) is 75.6 cm³/mol. The van der Waals surface area contributed by atoms with Crippen LogP contribution in [0.4, 0.5) is 0 Å². The van der Waals surface area contributed by atoms with Crippen molar-refractivity contribution in [3.05, 3.63) is 47.0 Å². The Bertz CT molecular complexity index is 497. The van der Waals surface area contributed by atoms with Crippen LogP contribution in [-0.4, -0.2) is 0 Å². The minimum absolute atomic E-state index is 0.637. The van der Waals surface area contributed by atoms with Crippen LogP contribution in [-0.2, 0) is 19.3 Å². The summed E-state index contributed by atoms with van der Waals surface area (Å²) in [4.78, 5) is 0. The number of allylic oxidation sites excluding steroid dienone is 2. The van der Waals surface area contributed by atoms with Crippen molar-refractivity contribution in [2.75, 3.05) is 0 Å². The van der Waals surface area contributed by atoms with E-state index >= 15 is 0 Å². The van der Waals surface area contributed by atoms with Gasteiger partial charge in [-0.3, -0.25) is 0 Å². The third-order valence-corrected chi connectivity index (χ3v) is 5.80. The second-order valence-electron chi connectivity index (χ2n) is 6.64. The summed E-state index contributed by atoms with van der Waals surface area (Å²) in [6.07, 6.45) is 13.2. The summed E-state index contributed by atoms with van der Waals surface area (Å²) in [7, 11) is 0. The summed E-state index contributed by atoms with van der Waals surface area (Å²) in [6.45, 7) is 2.30. The van der Waals surface area contributed by atoms with E-state index in [1.165, 1.54) is 38.5 Å². The first-order chi connectivity index (χ1) is 8.81. The van der Waals surface area contributed by atoms with Gasteiger partial charge in [-0.25, -0.2) is 0 Å². The average molecular weight is 238 g/mol. The molecule has 2 bridgehead atoms. The third kappa shape index (κ3) is 1.38. The Kier molecular flexibility index (Phi) is 2.24. The molecule has 1 fully saturated rings. The number of hydrogen-bond acceptors (Lipinski definition) is 0. The minimum atomic E-state index is 0.637. The predicted octanol–water partition coefficient (Wildman–Crippen LogP) is 4.32. The van der Waals surface area contributed by atoms with E-state index < -0.39 is 0 Å². The monoisotopic (exact) mass is 238 g/mol. The zero-order chi connectivity index (χ0) is 12.2. The normalized spacial score (nSPS) is 36.3. The maximum Gasteiger partial charge on any atom is -0.0168 e. The minimum Gasteiger partial charge on any atom is -0.0851 e. The van der Waals surface area contributed by atoms with E-state index in [-0.39, 0.29) is 0 Å². The Morgan fingerprint density at radius 3 is 2.94 bits per heavy atom. The van der Waals surface area contributed by atoms with Crippen LogP contribution >= 0.6 is 0 Å². The van der Waals surface area contributed by atoms with E-state index in [4.69, 9.17) is 0 Å². The Labute approximate surface area is 110 Å². The molecule has 1 aromatic carbocycles. The molecule has 0 heterocycles. The van der Waals surface area contributed by atoms with Gasteiger partial charge in [0.25, 0.3) is 0 Å². The van der Waals surface area contributed by atoms with E-state index in [2.05, 4.69) is 37.3 Å². The van der Waals surface area contributed by atoms with Crippen molar-refractivity contribution in [2.24, 2.45) is 17.3 Å². The van der Waals surface area contributed by atoms with Crippen LogP contribution in [0.2, 0.25) is 0 Å². The molecule has 0 radical (unpaired) electrons. The number of hydrogen-bond donors (Lipinski definition) is 0. The summed E-state index contributed by atoms with van der Waals surface area (Å²) in [5, 5.41) is 0. The summed E-state index contributed by atoms with van der Waals surface area (Å²) in [5.74, 6) is 1.80. The van der Waals surface area contributed by atoms with E-state index in [1.54, 1.807) is 16.7 Å². The van der Waals surface area contributed by atoms with Gasteiger partial charge < -0.3 is 0 Å². The lowest BCUT2D eigenvalue weighted by Crippen LogP contribution is -2.33. The fourth-order valence-electron chi connectivity index (χ4n) is 4.85. The Morgan fingerprint density at radius 1 is 1.28 bits per heavy atom. The van der Waals surface area contributed by atoms with Gasteiger partial charge in [0.2, 0.25) is 0 Å². The molecule has 0 heteroatoms. The molecule has 0 nitrogen and oxygen atoms in total. The van der Waals surface area contributed by atoms with Crippen LogP contribution in [0, 0.1) is 17.3 Å². The highest BCUT2D eigenvalue weighted by atomic mass is 14.5. The first-order valence-corrected chi connectivity index (χ1v) is 7.59. The molecule has 3 unspecified atom stereocenters. The van der Waals surface area contributed by atoms with Gasteiger partial charge in [-0.2, -0.15) is 0 Å². The summed E-state index contributed by atoms with van der Waals surface area (Å²) < 4.78 is 0. The molecule has 0 aliphatic heterocycles. The molecule has 3 aliphatic carbocycles. The Balaban J connectivity index is 1.75. The van der Waals surface area contributed by atoms with Gasteiger partial charge in [-0.15, -0.1) is 0 Å². The zero-order valence-electron chi connectivity index (χ0n) is 11.3. The maximum atomic E-state index is 2.54. The topological polar surface area (TPSA) is 0 Å². The van der Waals surface area contributed by atoms with Crippen molar-refractivity contribution in [1.82, 2.24) is 0 Å². The standard InChI is InChI=1S/C18H22/c1-2-14-4-3-5-15-8-9-18(12-17(14)15)11-13-6-7-16(18)10-13/h3-7,13,16H,2,8-12H2,1H3. The van der Waals surface area contributed by atoms with Crippen molar-refractivity contribution in [3.63, 3.8) is 0 Å². The molecular formula is C18H22.